The summed E-state index contributed by atoms with van der Waals surface area (Å²) in [7, 11) is 0. The lowest BCUT2D eigenvalue weighted by atomic mass is 10.1. The van der Waals surface area contributed by atoms with Crippen LogP contribution in [0.4, 0.5) is 0 Å². The first kappa shape index (κ1) is 9.70. The number of primary amides is 1. The summed E-state index contributed by atoms with van der Waals surface area (Å²) in [4.78, 5) is 10.8. The molecule has 13 heavy (non-hydrogen) atoms. The molecule has 5 heteroatoms. The smallest absolute Gasteiger partial charge is 0.271 e. The number of nitrogens with one attached hydrogen (secondary N) is 1. The topological polar surface area (TPSA) is 84.7 Å². The van der Waals surface area contributed by atoms with E-state index in [1.807, 2.05) is 0 Å². The van der Waals surface area contributed by atoms with Crippen LogP contribution in [-0.4, -0.2) is 21.3 Å². The Bertz CT molecular complexity index is 281. The average Bonchev–Trinajstić information content (AvgIpc) is 2.53. The van der Waals surface area contributed by atoms with Gasteiger partial charge < -0.3 is 5.73 Å². The van der Waals surface area contributed by atoms with E-state index in [1.54, 1.807) is 0 Å². The summed E-state index contributed by atoms with van der Waals surface area (Å²) in [5.41, 5.74) is 6.06. The van der Waals surface area contributed by atoms with Crippen molar-refractivity contribution in [3.63, 3.8) is 0 Å². The van der Waals surface area contributed by atoms with Crippen molar-refractivity contribution in [2.45, 2.75) is 32.6 Å². The number of aromatic nitrogens is 3. The Balaban J connectivity index is 2.55. The number of nitrogens with zero attached hydrogens (tertiary/aromatic N) is 2. The third-order valence-electron chi connectivity index (χ3n) is 1.87. The van der Waals surface area contributed by atoms with Gasteiger partial charge in [-0.05, 0) is 12.8 Å². The number of carbonyl (C=O) groups excluding carboxylic acids is 1. The third-order valence-corrected chi connectivity index (χ3v) is 1.87. The fraction of sp³-hybridized carbons (Fsp3) is 0.625. The number of hydrogen-bond acceptors (Lipinski definition) is 3. The van der Waals surface area contributed by atoms with Gasteiger partial charge in [0.15, 0.2) is 5.69 Å². The van der Waals surface area contributed by atoms with Gasteiger partial charge in [0.2, 0.25) is 0 Å². The molecule has 1 rings (SSSR count). The van der Waals surface area contributed by atoms with Gasteiger partial charge in [0.05, 0.1) is 5.69 Å². The van der Waals surface area contributed by atoms with Crippen LogP contribution in [0.15, 0.2) is 0 Å². The lowest BCUT2D eigenvalue weighted by molar-refractivity contribution is 0.0994. The Labute approximate surface area is 76.7 Å². The van der Waals surface area contributed by atoms with Gasteiger partial charge in [0.1, 0.15) is 0 Å². The van der Waals surface area contributed by atoms with Crippen molar-refractivity contribution in [1.29, 1.82) is 0 Å². The fourth-order valence-electron chi connectivity index (χ4n) is 1.17. The van der Waals surface area contributed by atoms with E-state index >= 15 is 0 Å². The molecule has 5 nitrogen and oxygen atoms in total. The molecular formula is C8H14N4O. The van der Waals surface area contributed by atoms with Crippen LogP contribution in [0.2, 0.25) is 0 Å². The molecule has 0 atom stereocenters. The second-order valence-corrected chi connectivity index (χ2v) is 2.94. The molecule has 0 aliphatic heterocycles. The Hall–Kier alpha value is -1.39. The number of nitrogens with two attached hydrogens (primary N) is 1. The molecule has 3 N–H and O–H groups in total. The van der Waals surface area contributed by atoms with Crippen LogP contribution >= 0.6 is 0 Å². The molecule has 1 heterocycles. The maximum atomic E-state index is 10.8. The molecule has 0 aromatic carbocycles. The number of aromatic amines is 1. The minimum atomic E-state index is -0.514. The Morgan fingerprint density at radius 3 is 2.85 bits per heavy atom. The number of hydrogen-bond donors (Lipinski definition) is 2. The highest BCUT2D eigenvalue weighted by atomic mass is 16.1. The number of unbranched alkanes of at least 4 members (excludes halogenated alkanes) is 2. The summed E-state index contributed by atoms with van der Waals surface area (Å²) < 4.78 is 0. The van der Waals surface area contributed by atoms with Crippen LogP contribution in [0.1, 0.15) is 42.4 Å². The van der Waals surface area contributed by atoms with Crippen LogP contribution in [0.25, 0.3) is 0 Å². The summed E-state index contributed by atoms with van der Waals surface area (Å²) in [6, 6.07) is 0. The van der Waals surface area contributed by atoms with Gasteiger partial charge >= 0.3 is 0 Å². The molecule has 0 spiro atoms. The highest BCUT2D eigenvalue weighted by Gasteiger charge is 2.11. The highest BCUT2D eigenvalue weighted by molar-refractivity contribution is 5.91. The van der Waals surface area contributed by atoms with E-state index < -0.39 is 5.91 Å². The van der Waals surface area contributed by atoms with E-state index in [4.69, 9.17) is 5.73 Å². The zero-order valence-electron chi connectivity index (χ0n) is 7.71. The Morgan fingerprint density at radius 2 is 2.23 bits per heavy atom. The van der Waals surface area contributed by atoms with Crippen LogP contribution in [0.5, 0.6) is 0 Å². The average molecular weight is 182 g/mol. The van der Waals surface area contributed by atoms with Crippen molar-refractivity contribution in [3.8, 4) is 0 Å². The number of rotatable bonds is 5. The van der Waals surface area contributed by atoms with Gasteiger partial charge in [-0.25, -0.2) is 0 Å². The second-order valence-electron chi connectivity index (χ2n) is 2.94. The van der Waals surface area contributed by atoms with Crippen molar-refractivity contribution in [1.82, 2.24) is 15.4 Å². The van der Waals surface area contributed by atoms with Crippen LogP contribution in [0, 0.1) is 0 Å². The molecule has 0 saturated heterocycles. The van der Waals surface area contributed by atoms with Crippen molar-refractivity contribution < 1.29 is 4.79 Å². The van der Waals surface area contributed by atoms with Gasteiger partial charge in [-0.15, -0.1) is 0 Å². The normalized spacial score (nSPS) is 10.2. The number of carbonyl (C=O) groups is 1. The molecule has 0 aliphatic rings. The third kappa shape index (κ3) is 2.54. The van der Waals surface area contributed by atoms with E-state index in [0.29, 0.717) is 5.69 Å². The highest BCUT2D eigenvalue weighted by Crippen LogP contribution is 2.06. The molecule has 0 saturated carbocycles. The molecule has 0 bridgehead atoms. The molecule has 72 valence electrons. The summed E-state index contributed by atoms with van der Waals surface area (Å²) in [6.07, 6.45) is 4.06. The molecule has 0 unspecified atom stereocenters. The molecule has 1 amide bonds. The quantitative estimate of drug-likeness (QED) is 0.655. The number of aryl methyl sites for hydroxylation is 1. The van der Waals surface area contributed by atoms with E-state index in [2.05, 4.69) is 22.3 Å². The minimum absolute atomic E-state index is 0.274. The predicted molar refractivity (Wildman–Crippen MR) is 48.1 cm³/mol. The van der Waals surface area contributed by atoms with Crippen LogP contribution in [0.3, 0.4) is 0 Å². The van der Waals surface area contributed by atoms with Crippen molar-refractivity contribution in [2.24, 2.45) is 5.73 Å². The monoisotopic (exact) mass is 182 g/mol. The van der Waals surface area contributed by atoms with Gasteiger partial charge in [-0.1, -0.05) is 19.8 Å². The SMILES string of the molecule is CCCCCc1n[nH]nc1C(N)=O. The van der Waals surface area contributed by atoms with Crippen LogP contribution < -0.4 is 5.73 Å². The summed E-state index contributed by atoms with van der Waals surface area (Å²) in [5, 5.41) is 9.96. The summed E-state index contributed by atoms with van der Waals surface area (Å²) in [5.74, 6) is -0.514. The van der Waals surface area contributed by atoms with Gasteiger partial charge in [0.25, 0.3) is 5.91 Å². The molecule has 0 radical (unpaired) electrons. The Kier molecular flexibility index (Phi) is 3.42. The predicted octanol–water partition coefficient (Wildman–Crippen LogP) is 0.636. The van der Waals surface area contributed by atoms with Gasteiger partial charge in [-0.2, -0.15) is 15.4 Å². The maximum absolute atomic E-state index is 10.8. The first-order chi connectivity index (χ1) is 6.25. The number of amides is 1. The van der Waals surface area contributed by atoms with E-state index in [1.165, 1.54) is 0 Å². The van der Waals surface area contributed by atoms with E-state index in [-0.39, 0.29) is 5.69 Å². The molecule has 0 aliphatic carbocycles. The zero-order valence-corrected chi connectivity index (χ0v) is 7.71. The van der Waals surface area contributed by atoms with Crippen molar-refractivity contribution >= 4 is 5.91 Å². The Morgan fingerprint density at radius 1 is 1.46 bits per heavy atom. The van der Waals surface area contributed by atoms with E-state index in [9.17, 15) is 4.79 Å². The lowest BCUT2D eigenvalue weighted by Gasteiger charge is -1.95. The van der Waals surface area contributed by atoms with E-state index in [0.717, 1.165) is 25.7 Å². The summed E-state index contributed by atoms with van der Waals surface area (Å²) in [6.45, 7) is 2.12. The first-order valence-corrected chi connectivity index (χ1v) is 4.45. The zero-order chi connectivity index (χ0) is 9.68. The summed E-state index contributed by atoms with van der Waals surface area (Å²) >= 11 is 0. The largest absolute Gasteiger partial charge is 0.364 e. The molecular weight excluding hydrogens is 168 g/mol. The van der Waals surface area contributed by atoms with Crippen LogP contribution in [-0.2, 0) is 6.42 Å². The van der Waals surface area contributed by atoms with Gasteiger partial charge in [0, 0.05) is 0 Å². The number of H-pyrrole nitrogens is 1. The molecule has 0 fully saturated rings. The molecule has 1 aromatic rings. The standard InChI is InChI=1S/C8H14N4O/c1-2-3-4-5-6-7(8(9)13)11-12-10-6/h2-5H2,1H3,(H2,9,13)(H,10,11,12). The lowest BCUT2D eigenvalue weighted by Crippen LogP contribution is -2.14. The van der Waals surface area contributed by atoms with Crippen molar-refractivity contribution in [3.05, 3.63) is 11.4 Å². The molecule has 1 aromatic heterocycles. The second kappa shape index (κ2) is 4.59. The minimum Gasteiger partial charge on any atom is -0.364 e. The van der Waals surface area contributed by atoms with Gasteiger partial charge in [-0.3, -0.25) is 4.79 Å². The first-order valence-electron chi connectivity index (χ1n) is 4.45. The fourth-order valence-corrected chi connectivity index (χ4v) is 1.17. The van der Waals surface area contributed by atoms with Crippen molar-refractivity contribution in [2.75, 3.05) is 0 Å². The maximum Gasteiger partial charge on any atom is 0.271 e.